The molecule has 0 atom stereocenters. The topological polar surface area (TPSA) is 137 Å². The summed E-state index contributed by atoms with van der Waals surface area (Å²) in [6.07, 6.45) is 0.151. The molecule has 0 fully saturated rings. The van der Waals surface area contributed by atoms with Gasteiger partial charge in [-0.2, -0.15) is 4.98 Å². The Morgan fingerprint density at radius 2 is 2.14 bits per heavy atom. The van der Waals surface area contributed by atoms with E-state index in [1.165, 1.54) is 36.5 Å². The smallest absolute Gasteiger partial charge is 0.306 e. The number of anilines is 1. The number of nitrogens with zero attached hydrogens (tertiary/aromatic N) is 3. The van der Waals surface area contributed by atoms with Gasteiger partial charge in [-0.25, -0.2) is 0 Å². The molecule has 1 N–H and O–H groups in total. The molecule has 0 saturated carbocycles. The summed E-state index contributed by atoms with van der Waals surface area (Å²) in [5.74, 6) is -0.455. The Morgan fingerprint density at radius 3 is 2.86 bits per heavy atom. The number of hydrogen-bond acceptors (Lipinski definition) is 9. The number of nitro benzene ring substituents is 1. The summed E-state index contributed by atoms with van der Waals surface area (Å²) in [6, 6.07) is 8.06. The summed E-state index contributed by atoms with van der Waals surface area (Å²) < 4.78 is 10.0. The molecule has 10 nitrogen and oxygen atoms in total. The van der Waals surface area contributed by atoms with E-state index in [0.29, 0.717) is 17.3 Å². The Balaban J connectivity index is 1.45. The lowest BCUT2D eigenvalue weighted by molar-refractivity contribution is -0.385. The molecule has 3 aromatic rings. The highest BCUT2D eigenvalue weighted by molar-refractivity contribution is 7.13. The zero-order chi connectivity index (χ0) is 20.8. The van der Waals surface area contributed by atoms with Crippen molar-refractivity contribution in [1.29, 1.82) is 0 Å². The fraction of sp³-hybridized carbons (Fsp3) is 0.222. The molecule has 2 aromatic heterocycles. The lowest BCUT2D eigenvalue weighted by atomic mass is 10.1. The van der Waals surface area contributed by atoms with Crippen LogP contribution in [0.3, 0.4) is 0 Å². The van der Waals surface area contributed by atoms with Gasteiger partial charge in [-0.1, -0.05) is 17.3 Å². The van der Waals surface area contributed by atoms with Gasteiger partial charge in [-0.15, -0.1) is 11.3 Å². The Morgan fingerprint density at radius 1 is 1.31 bits per heavy atom. The van der Waals surface area contributed by atoms with Crippen molar-refractivity contribution in [3.05, 3.63) is 57.3 Å². The molecule has 0 aliphatic rings. The molecule has 1 amide bonds. The fourth-order valence-electron chi connectivity index (χ4n) is 2.43. The normalized spacial score (nSPS) is 10.5. The quantitative estimate of drug-likeness (QED) is 0.336. The van der Waals surface area contributed by atoms with E-state index in [4.69, 9.17) is 9.26 Å². The summed E-state index contributed by atoms with van der Waals surface area (Å²) in [6.45, 7) is 1.01. The number of carbonyl (C=O) groups is 2. The van der Waals surface area contributed by atoms with Crippen LogP contribution in [0.1, 0.15) is 17.9 Å². The lowest BCUT2D eigenvalue weighted by Gasteiger charge is -2.09. The largest absolute Gasteiger partial charge is 0.456 e. The van der Waals surface area contributed by atoms with Crippen molar-refractivity contribution in [2.75, 3.05) is 11.9 Å². The van der Waals surface area contributed by atoms with Crippen LogP contribution in [0.15, 0.2) is 40.2 Å². The monoisotopic (exact) mass is 416 g/mol. The third-order valence-corrected chi connectivity index (χ3v) is 4.76. The predicted octanol–water partition coefficient (Wildman–Crippen LogP) is 3.13. The molecule has 29 heavy (non-hydrogen) atoms. The molecule has 0 bridgehead atoms. The maximum absolute atomic E-state index is 12.0. The summed E-state index contributed by atoms with van der Waals surface area (Å²) in [7, 11) is 0. The second-order valence-electron chi connectivity index (χ2n) is 5.90. The number of ether oxygens (including phenoxy) is 1. The van der Waals surface area contributed by atoms with Gasteiger partial charge in [0.15, 0.2) is 6.61 Å². The highest BCUT2D eigenvalue weighted by Crippen LogP contribution is 2.25. The lowest BCUT2D eigenvalue weighted by Crippen LogP contribution is -2.21. The van der Waals surface area contributed by atoms with Gasteiger partial charge in [0.1, 0.15) is 0 Å². The van der Waals surface area contributed by atoms with Gasteiger partial charge >= 0.3 is 5.97 Å². The molecule has 11 heteroatoms. The van der Waals surface area contributed by atoms with E-state index in [2.05, 4.69) is 15.5 Å². The standard InChI is InChI=1S/C18H16N4O6S/c1-11-12(4-2-5-13(11)22(25)26)19-15(23)10-27-17(24)8-7-16-20-18(21-28-16)14-6-3-9-29-14/h2-6,9H,7-8,10H2,1H3,(H,19,23). The van der Waals surface area contributed by atoms with E-state index in [9.17, 15) is 19.7 Å². The minimum atomic E-state index is -0.605. The van der Waals surface area contributed by atoms with Crippen molar-refractivity contribution in [2.24, 2.45) is 0 Å². The number of rotatable bonds is 8. The van der Waals surface area contributed by atoms with Gasteiger partial charge in [0.25, 0.3) is 11.6 Å². The van der Waals surface area contributed by atoms with Gasteiger partial charge in [0, 0.05) is 12.5 Å². The van der Waals surface area contributed by atoms with Crippen molar-refractivity contribution in [3.63, 3.8) is 0 Å². The van der Waals surface area contributed by atoms with E-state index < -0.39 is 23.4 Å². The highest BCUT2D eigenvalue weighted by Gasteiger charge is 2.16. The molecule has 0 unspecified atom stereocenters. The van der Waals surface area contributed by atoms with Crippen molar-refractivity contribution >= 4 is 34.6 Å². The molecule has 0 spiro atoms. The zero-order valence-corrected chi connectivity index (χ0v) is 16.1. The van der Waals surface area contributed by atoms with E-state index in [0.717, 1.165) is 4.88 Å². The Kier molecular flexibility index (Phi) is 6.29. The van der Waals surface area contributed by atoms with Crippen LogP contribution in [0, 0.1) is 17.0 Å². The molecule has 0 aliphatic carbocycles. The number of hydrogen-bond donors (Lipinski definition) is 1. The molecule has 0 radical (unpaired) electrons. The van der Waals surface area contributed by atoms with Crippen LogP contribution in [0.4, 0.5) is 11.4 Å². The summed E-state index contributed by atoms with van der Waals surface area (Å²) in [5.41, 5.74) is 0.489. The van der Waals surface area contributed by atoms with Gasteiger partial charge in [0.2, 0.25) is 11.7 Å². The second kappa shape index (κ2) is 9.06. The maximum Gasteiger partial charge on any atom is 0.306 e. The van der Waals surface area contributed by atoms with E-state index >= 15 is 0 Å². The van der Waals surface area contributed by atoms with Gasteiger partial charge in [-0.05, 0) is 24.4 Å². The third kappa shape index (κ3) is 5.23. The highest BCUT2D eigenvalue weighted by atomic mass is 32.1. The number of benzene rings is 1. The zero-order valence-electron chi connectivity index (χ0n) is 15.3. The van der Waals surface area contributed by atoms with E-state index in [1.807, 2.05) is 17.5 Å². The average Bonchev–Trinajstić information content (AvgIpc) is 3.37. The third-order valence-electron chi connectivity index (χ3n) is 3.89. The minimum Gasteiger partial charge on any atom is -0.456 e. The number of nitro groups is 1. The average molecular weight is 416 g/mol. The number of carbonyl (C=O) groups excluding carboxylic acids is 2. The first-order valence-electron chi connectivity index (χ1n) is 8.50. The van der Waals surface area contributed by atoms with Crippen LogP contribution < -0.4 is 5.32 Å². The number of aryl methyl sites for hydroxylation is 1. The molecular weight excluding hydrogens is 400 g/mol. The molecule has 0 aliphatic heterocycles. The Labute approximate surface area is 168 Å². The minimum absolute atomic E-state index is 0.0325. The van der Waals surface area contributed by atoms with E-state index in [1.54, 1.807) is 0 Å². The van der Waals surface area contributed by atoms with Crippen LogP contribution >= 0.6 is 11.3 Å². The molecule has 2 heterocycles. The number of aromatic nitrogens is 2. The predicted molar refractivity (Wildman–Crippen MR) is 103 cm³/mol. The summed E-state index contributed by atoms with van der Waals surface area (Å²) >= 11 is 1.47. The van der Waals surface area contributed by atoms with Crippen molar-refractivity contribution in [3.8, 4) is 10.7 Å². The number of thiophene rings is 1. The first-order valence-corrected chi connectivity index (χ1v) is 9.38. The summed E-state index contributed by atoms with van der Waals surface area (Å²) in [5, 5.41) is 19.2. The Bertz CT molecular complexity index is 1030. The van der Waals surface area contributed by atoms with Gasteiger partial charge in [0.05, 0.1) is 27.5 Å². The van der Waals surface area contributed by atoms with Crippen LogP contribution in [-0.4, -0.2) is 33.5 Å². The molecule has 1 aromatic carbocycles. The first-order chi connectivity index (χ1) is 13.9. The fourth-order valence-corrected chi connectivity index (χ4v) is 3.08. The second-order valence-corrected chi connectivity index (χ2v) is 6.85. The SMILES string of the molecule is Cc1c(NC(=O)COC(=O)CCc2nc(-c3cccs3)no2)cccc1[N+](=O)[O-]. The van der Waals surface area contributed by atoms with Crippen molar-refractivity contribution in [1.82, 2.24) is 10.1 Å². The molecule has 3 rings (SSSR count). The van der Waals surface area contributed by atoms with Gasteiger partial charge < -0.3 is 14.6 Å². The van der Waals surface area contributed by atoms with E-state index in [-0.39, 0.29) is 24.2 Å². The van der Waals surface area contributed by atoms with Crippen LogP contribution in [0.25, 0.3) is 10.7 Å². The molecular formula is C18H16N4O6S. The number of amides is 1. The Hall–Kier alpha value is -3.60. The summed E-state index contributed by atoms with van der Waals surface area (Å²) in [4.78, 5) is 39.3. The van der Waals surface area contributed by atoms with Gasteiger partial charge in [-0.3, -0.25) is 19.7 Å². The number of esters is 1. The van der Waals surface area contributed by atoms with Crippen LogP contribution in [-0.2, 0) is 20.7 Å². The van der Waals surface area contributed by atoms with Crippen molar-refractivity contribution in [2.45, 2.75) is 19.8 Å². The number of nitrogens with one attached hydrogen (secondary N) is 1. The van der Waals surface area contributed by atoms with Crippen molar-refractivity contribution < 1.29 is 23.8 Å². The van der Waals surface area contributed by atoms with Crippen LogP contribution in [0.2, 0.25) is 0 Å². The molecule has 150 valence electrons. The maximum atomic E-state index is 12.0. The first kappa shape index (κ1) is 20.1. The molecule has 0 saturated heterocycles. The van der Waals surface area contributed by atoms with Crippen LogP contribution in [0.5, 0.6) is 0 Å².